The number of hydrogen-bond acceptors (Lipinski definition) is 4. The maximum atomic E-state index is 13.4. The third-order valence-electron chi connectivity index (χ3n) is 2.69. The van der Waals surface area contributed by atoms with Crippen molar-refractivity contribution in [3.63, 3.8) is 0 Å². The van der Waals surface area contributed by atoms with Crippen molar-refractivity contribution in [2.45, 2.75) is 26.7 Å². The summed E-state index contributed by atoms with van der Waals surface area (Å²) in [5, 5.41) is 3.19. The fourth-order valence-corrected chi connectivity index (χ4v) is 1.91. The Kier molecular flexibility index (Phi) is 5.33. The van der Waals surface area contributed by atoms with Gasteiger partial charge in [0.25, 0.3) is 0 Å². The smallest absolute Gasteiger partial charge is 0.224 e. The van der Waals surface area contributed by atoms with E-state index in [1.165, 1.54) is 12.1 Å². The van der Waals surface area contributed by atoms with Crippen LogP contribution in [0.5, 0.6) is 11.6 Å². The first-order valence-corrected chi connectivity index (χ1v) is 7.25. The van der Waals surface area contributed by atoms with Crippen LogP contribution in [0.25, 0.3) is 0 Å². The lowest BCUT2D eigenvalue weighted by Gasteiger charge is -2.10. The Hall–Kier alpha value is -1.88. The molecular formula is C15H17ClFN3O. The zero-order valence-electron chi connectivity index (χ0n) is 12.0. The fourth-order valence-electron chi connectivity index (χ4n) is 1.79. The Morgan fingerprint density at radius 1 is 1.24 bits per heavy atom. The van der Waals surface area contributed by atoms with Gasteiger partial charge < -0.3 is 10.1 Å². The minimum atomic E-state index is -0.524. The van der Waals surface area contributed by atoms with Crippen LogP contribution in [0.4, 0.5) is 10.2 Å². The van der Waals surface area contributed by atoms with Crippen LogP contribution in [0.2, 0.25) is 5.02 Å². The molecule has 0 bridgehead atoms. The number of aromatic nitrogens is 2. The maximum absolute atomic E-state index is 13.4. The van der Waals surface area contributed by atoms with Gasteiger partial charge in [0.05, 0.1) is 5.02 Å². The highest BCUT2D eigenvalue weighted by atomic mass is 35.5. The molecule has 0 aliphatic rings. The summed E-state index contributed by atoms with van der Waals surface area (Å²) in [6, 6.07) is 5.97. The summed E-state index contributed by atoms with van der Waals surface area (Å²) in [5.74, 6) is 1.59. The minimum absolute atomic E-state index is 0.0602. The number of ether oxygens (including phenoxy) is 1. The number of anilines is 1. The van der Waals surface area contributed by atoms with E-state index in [-0.39, 0.29) is 5.02 Å². The normalized spacial score (nSPS) is 10.5. The molecule has 0 aliphatic carbocycles. The van der Waals surface area contributed by atoms with Crippen molar-refractivity contribution >= 4 is 17.4 Å². The second kappa shape index (κ2) is 7.22. The molecular weight excluding hydrogens is 293 g/mol. The molecule has 4 nitrogen and oxygen atoms in total. The van der Waals surface area contributed by atoms with E-state index >= 15 is 0 Å². The van der Waals surface area contributed by atoms with E-state index in [9.17, 15) is 4.39 Å². The first kappa shape index (κ1) is 15.5. The molecule has 112 valence electrons. The Morgan fingerprint density at radius 2 is 2.05 bits per heavy atom. The summed E-state index contributed by atoms with van der Waals surface area (Å²) in [4.78, 5) is 8.71. The fraction of sp³-hybridized carbons (Fsp3) is 0.333. The molecule has 1 heterocycles. The van der Waals surface area contributed by atoms with E-state index in [1.54, 1.807) is 12.1 Å². The van der Waals surface area contributed by atoms with Crippen LogP contribution in [0.1, 0.15) is 26.1 Å². The molecule has 0 aliphatic heterocycles. The number of hydrogen-bond donors (Lipinski definition) is 1. The van der Waals surface area contributed by atoms with Gasteiger partial charge >= 0.3 is 0 Å². The zero-order chi connectivity index (χ0) is 15.2. The van der Waals surface area contributed by atoms with Crippen LogP contribution < -0.4 is 10.1 Å². The van der Waals surface area contributed by atoms with Crippen molar-refractivity contribution in [1.82, 2.24) is 9.97 Å². The van der Waals surface area contributed by atoms with Crippen molar-refractivity contribution in [1.29, 1.82) is 0 Å². The first-order valence-electron chi connectivity index (χ1n) is 6.87. The zero-order valence-corrected chi connectivity index (χ0v) is 12.7. The van der Waals surface area contributed by atoms with Crippen LogP contribution >= 0.6 is 11.6 Å². The van der Waals surface area contributed by atoms with Crippen LogP contribution in [0.15, 0.2) is 24.3 Å². The highest BCUT2D eigenvalue weighted by molar-refractivity contribution is 6.30. The average molecular weight is 310 g/mol. The van der Waals surface area contributed by atoms with E-state index in [2.05, 4.69) is 22.2 Å². The first-order chi connectivity index (χ1) is 10.1. The molecule has 0 radical (unpaired) electrons. The van der Waals surface area contributed by atoms with Gasteiger partial charge in [-0.3, -0.25) is 0 Å². The molecule has 0 unspecified atom stereocenters. The topological polar surface area (TPSA) is 47.0 Å². The molecule has 2 rings (SSSR count). The van der Waals surface area contributed by atoms with E-state index in [0.717, 1.165) is 19.4 Å². The largest absolute Gasteiger partial charge is 0.439 e. The standard InChI is InChI=1S/C15H17ClFN3O/c1-3-5-13-19-14(18-4-2)9-15(20-13)21-10-6-7-11(16)12(17)8-10/h6-9H,3-5H2,1-2H3,(H,18,19,20). The van der Waals surface area contributed by atoms with E-state index in [4.69, 9.17) is 16.3 Å². The monoisotopic (exact) mass is 309 g/mol. The maximum Gasteiger partial charge on any atom is 0.224 e. The molecule has 2 aromatic rings. The van der Waals surface area contributed by atoms with Gasteiger partial charge in [0.2, 0.25) is 5.88 Å². The number of nitrogens with zero attached hydrogens (tertiary/aromatic N) is 2. The predicted molar refractivity (Wildman–Crippen MR) is 81.7 cm³/mol. The molecule has 0 amide bonds. The van der Waals surface area contributed by atoms with Crippen molar-refractivity contribution in [2.24, 2.45) is 0 Å². The van der Waals surface area contributed by atoms with Crippen molar-refractivity contribution in [3.05, 3.63) is 40.9 Å². The highest BCUT2D eigenvalue weighted by Crippen LogP contribution is 2.25. The van der Waals surface area contributed by atoms with Gasteiger partial charge in [-0.25, -0.2) is 9.37 Å². The van der Waals surface area contributed by atoms with Gasteiger partial charge in [-0.05, 0) is 25.5 Å². The lowest BCUT2D eigenvalue weighted by molar-refractivity contribution is 0.454. The number of aryl methyl sites for hydroxylation is 1. The molecule has 0 spiro atoms. The van der Waals surface area contributed by atoms with Gasteiger partial charge in [-0.2, -0.15) is 4.98 Å². The van der Waals surface area contributed by atoms with Gasteiger partial charge in [0.1, 0.15) is 23.2 Å². The summed E-state index contributed by atoms with van der Waals surface area (Å²) < 4.78 is 19.0. The number of halogens is 2. The van der Waals surface area contributed by atoms with E-state index in [1.807, 2.05) is 6.92 Å². The molecule has 1 aromatic carbocycles. The van der Waals surface area contributed by atoms with Crippen molar-refractivity contribution < 1.29 is 9.13 Å². The van der Waals surface area contributed by atoms with Gasteiger partial charge in [0.15, 0.2) is 0 Å². The Bertz CT molecular complexity index is 598. The molecule has 21 heavy (non-hydrogen) atoms. The molecule has 0 saturated carbocycles. The second-order valence-corrected chi connectivity index (χ2v) is 4.87. The number of rotatable bonds is 6. The molecule has 0 atom stereocenters. The van der Waals surface area contributed by atoms with Gasteiger partial charge in [0, 0.05) is 25.1 Å². The molecule has 6 heteroatoms. The Labute approximate surface area is 128 Å². The van der Waals surface area contributed by atoms with Gasteiger partial charge in [-0.15, -0.1) is 0 Å². The summed E-state index contributed by atoms with van der Waals surface area (Å²) in [7, 11) is 0. The highest BCUT2D eigenvalue weighted by Gasteiger charge is 2.08. The predicted octanol–water partition coefficient (Wildman–Crippen LogP) is 4.45. The average Bonchev–Trinajstić information content (AvgIpc) is 2.43. The molecule has 1 N–H and O–H groups in total. The lowest BCUT2D eigenvalue weighted by Crippen LogP contribution is -2.04. The van der Waals surface area contributed by atoms with Crippen LogP contribution in [0.3, 0.4) is 0 Å². The third kappa shape index (κ3) is 4.29. The van der Waals surface area contributed by atoms with E-state index < -0.39 is 5.82 Å². The van der Waals surface area contributed by atoms with Gasteiger partial charge in [-0.1, -0.05) is 18.5 Å². The molecule has 0 saturated heterocycles. The SMILES string of the molecule is CCCc1nc(NCC)cc(Oc2ccc(Cl)c(F)c2)n1. The Morgan fingerprint density at radius 3 is 2.71 bits per heavy atom. The van der Waals surface area contributed by atoms with Crippen molar-refractivity contribution in [3.8, 4) is 11.6 Å². The van der Waals surface area contributed by atoms with Crippen LogP contribution in [0, 0.1) is 5.82 Å². The summed E-state index contributed by atoms with van der Waals surface area (Å²) >= 11 is 5.65. The van der Waals surface area contributed by atoms with E-state index in [0.29, 0.717) is 23.3 Å². The molecule has 1 aromatic heterocycles. The third-order valence-corrected chi connectivity index (χ3v) is 3.00. The second-order valence-electron chi connectivity index (χ2n) is 4.47. The summed E-state index contributed by atoms with van der Waals surface area (Å²) in [6.07, 6.45) is 1.69. The quantitative estimate of drug-likeness (QED) is 0.856. The molecule has 0 fully saturated rings. The summed E-state index contributed by atoms with van der Waals surface area (Å²) in [6.45, 7) is 4.78. The minimum Gasteiger partial charge on any atom is -0.439 e. The summed E-state index contributed by atoms with van der Waals surface area (Å²) in [5.41, 5.74) is 0. The number of nitrogens with one attached hydrogen (secondary N) is 1. The van der Waals surface area contributed by atoms with Crippen LogP contribution in [-0.4, -0.2) is 16.5 Å². The Balaban J connectivity index is 2.26. The van der Waals surface area contributed by atoms with Crippen molar-refractivity contribution in [2.75, 3.05) is 11.9 Å². The lowest BCUT2D eigenvalue weighted by atomic mass is 10.3. The number of benzene rings is 1. The van der Waals surface area contributed by atoms with Crippen LogP contribution in [-0.2, 0) is 6.42 Å².